The van der Waals surface area contributed by atoms with Gasteiger partial charge in [-0.05, 0) is 23.8 Å². The van der Waals surface area contributed by atoms with Crippen molar-refractivity contribution >= 4 is 16.5 Å². The number of ether oxygens (including phenoxy) is 1. The van der Waals surface area contributed by atoms with Crippen molar-refractivity contribution in [3.63, 3.8) is 0 Å². The van der Waals surface area contributed by atoms with E-state index in [1.54, 1.807) is 25.4 Å². The number of aromatic nitrogens is 2. The Labute approximate surface area is 126 Å². The number of fused-ring (bicyclic) bond motifs is 1. The molecule has 0 radical (unpaired) electrons. The van der Waals surface area contributed by atoms with Crippen molar-refractivity contribution in [2.75, 3.05) is 7.11 Å². The van der Waals surface area contributed by atoms with Crippen molar-refractivity contribution in [3.8, 4) is 11.3 Å². The van der Waals surface area contributed by atoms with Crippen LogP contribution in [-0.4, -0.2) is 22.2 Å². The van der Waals surface area contributed by atoms with Crippen molar-refractivity contribution in [1.82, 2.24) is 10.2 Å². The van der Waals surface area contributed by atoms with Gasteiger partial charge in [0.15, 0.2) is 0 Å². The van der Waals surface area contributed by atoms with Crippen molar-refractivity contribution in [2.24, 2.45) is 0 Å². The van der Waals surface area contributed by atoms with E-state index in [4.69, 9.17) is 4.74 Å². The number of rotatable bonds is 4. The number of methoxy groups -OCH3 is 1. The predicted molar refractivity (Wildman–Crippen MR) is 82.3 cm³/mol. The highest BCUT2D eigenvalue weighted by molar-refractivity contribution is 5.94. The van der Waals surface area contributed by atoms with Crippen LogP contribution in [0.3, 0.4) is 0 Å². The predicted octanol–water partition coefficient (Wildman–Crippen LogP) is 3.35. The van der Waals surface area contributed by atoms with E-state index < -0.39 is 4.92 Å². The average molecular weight is 295 g/mol. The van der Waals surface area contributed by atoms with Crippen LogP contribution in [0.15, 0.2) is 48.7 Å². The quantitative estimate of drug-likeness (QED) is 0.545. The molecule has 110 valence electrons. The SMILES string of the molecule is COCc1ccc2cnnc(-c3ccc([N+](=O)[O-])cc3)c2c1. The average Bonchev–Trinajstić information content (AvgIpc) is 2.54. The van der Waals surface area contributed by atoms with Gasteiger partial charge < -0.3 is 4.74 Å². The highest BCUT2D eigenvalue weighted by Gasteiger charge is 2.10. The first-order valence-electron chi connectivity index (χ1n) is 6.67. The maximum Gasteiger partial charge on any atom is 0.269 e. The smallest absolute Gasteiger partial charge is 0.269 e. The fourth-order valence-corrected chi connectivity index (χ4v) is 2.33. The molecule has 2 aromatic carbocycles. The number of benzene rings is 2. The number of nitrogens with zero attached hydrogens (tertiary/aromatic N) is 3. The van der Waals surface area contributed by atoms with Crippen LogP contribution in [0.5, 0.6) is 0 Å². The van der Waals surface area contributed by atoms with Gasteiger partial charge in [-0.25, -0.2) is 0 Å². The minimum Gasteiger partial charge on any atom is -0.380 e. The van der Waals surface area contributed by atoms with E-state index in [2.05, 4.69) is 10.2 Å². The zero-order chi connectivity index (χ0) is 15.5. The number of nitro benzene ring substituents is 1. The molecule has 0 N–H and O–H groups in total. The monoisotopic (exact) mass is 295 g/mol. The van der Waals surface area contributed by atoms with E-state index >= 15 is 0 Å². The van der Waals surface area contributed by atoms with Crippen LogP contribution >= 0.6 is 0 Å². The van der Waals surface area contributed by atoms with Crippen LogP contribution in [0, 0.1) is 10.1 Å². The van der Waals surface area contributed by atoms with Gasteiger partial charge in [-0.1, -0.05) is 12.1 Å². The molecule has 0 bridgehead atoms. The molecule has 0 aliphatic heterocycles. The summed E-state index contributed by atoms with van der Waals surface area (Å²) in [7, 11) is 1.65. The van der Waals surface area contributed by atoms with Crippen LogP contribution < -0.4 is 0 Å². The first-order valence-corrected chi connectivity index (χ1v) is 6.67. The second kappa shape index (κ2) is 5.87. The third-order valence-corrected chi connectivity index (χ3v) is 3.39. The normalized spacial score (nSPS) is 10.8. The molecule has 1 aromatic heterocycles. The Bertz CT molecular complexity index is 832. The van der Waals surface area contributed by atoms with Crippen molar-refractivity contribution in [2.45, 2.75) is 6.61 Å². The van der Waals surface area contributed by atoms with Gasteiger partial charge in [-0.15, -0.1) is 5.10 Å². The lowest BCUT2D eigenvalue weighted by atomic mass is 10.0. The van der Waals surface area contributed by atoms with Crippen LogP contribution in [0.2, 0.25) is 0 Å². The zero-order valence-corrected chi connectivity index (χ0v) is 11.9. The van der Waals surface area contributed by atoms with Gasteiger partial charge >= 0.3 is 0 Å². The number of nitro groups is 1. The molecule has 6 nitrogen and oxygen atoms in total. The molecule has 3 rings (SSSR count). The molecule has 0 saturated heterocycles. The zero-order valence-electron chi connectivity index (χ0n) is 11.9. The van der Waals surface area contributed by atoms with Crippen LogP contribution in [-0.2, 0) is 11.3 Å². The molecule has 0 unspecified atom stereocenters. The third kappa shape index (κ3) is 2.64. The Morgan fingerprint density at radius 1 is 1.18 bits per heavy atom. The van der Waals surface area contributed by atoms with Gasteiger partial charge in [0.2, 0.25) is 0 Å². The first-order chi connectivity index (χ1) is 10.7. The summed E-state index contributed by atoms with van der Waals surface area (Å²) in [5.41, 5.74) is 2.58. The summed E-state index contributed by atoms with van der Waals surface area (Å²) in [6.07, 6.45) is 1.70. The van der Waals surface area contributed by atoms with E-state index in [1.807, 2.05) is 18.2 Å². The highest BCUT2D eigenvalue weighted by Crippen LogP contribution is 2.28. The molecule has 0 saturated carbocycles. The van der Waals surface area contributed by atoms with E-state index in [-0.39, 0.29) is 5.69 Å². The van der Waals surface area contributed by atoms with Crippen LogP contribution in [0.25, 0.3) is 22.0 Å². The molecule has 0 amide bonds. The number of hydrogen-bond donors (Lipinski definition) is 0. The van der Waals surface area contributed by atoms with Gasteiger partial charge in [-0.3, -0.25) is 10.1 Å². The highest BCUT2D eigenvalue weighted by atomic mass is 16.6. The minimum absolute atomic E-state index is 0.0528. The summed E-state index contributed by atoms with van der Waals surface area (Å²) >= 11 is 0. The molecular weight excluding hydrogens is 282 g/mol. The van der Waals surface area contributed by atoms with E-state index in [0.29, 0.717) is 12.3 Å². The molecule has 0 atom stereocenters. The summed E-state index contributed by atoms with van der Waals surface area (Å²) in [4.78, 5) is 10.3. The molecule has 0 aliphatic carbocycles. The van der Waals surface area contributed by atoms with Gasteiger partial charge in [0.1, 0.15) is 5.69 Å². The molecule has 0 fully saturated rings. The summed E-state index contributed by atoms with van der Waals surface area (Å²) < 4.78 is 5.15. The second-order valence-electron chi connectivity index (χ2n) is 4.85. The standard InChI is InChI=1S/C16H13N3O3/c1-22-10-11-2-3-13-9-17-18-16(15(13)8-11)12-4-6-14(7-5-12)19(20)21/h2-9H,10H2,1H3. The Balaban J connectivity index is 2.12. The van der Waals surface area contributed by atoms with Gasteiger partial charge in [0.05, 0.1) is 17.7 Å². The van der Waals surface area contributed by atoms with E-state index in [9.17, 15) is 10.1 Å². The van der Waals surface area contributed by atoms with Crippen molar-refractivity contribution < 1.29 is 9.66 Å². The van der Waals surface area contributed by atoms with E-state index in [1.165, 1.54) is 12.1 Å². The Morgan fingerprint density at radius 2 is 1.95 bits per heavy atom. The number of hydrogen-bond acceptors (Lipinski definition) is 5. The maximum absolute atomic E-state index is 10.7. The molecule has 22 heavy (non-hydrogen) atoms. The summed E-state index contributed by atoms with van der Waals surface area (Å²) in [5, 5.41) is 20.8. The lowest BCUT2D eigenvalue weighted by molar-refractivity contribution is -0.384. The Morgan fingerprint density at radius 3 is 2.64 bits per heavy atom. The Hall–Kier alpha value is -2.86. The lowest BCUT2D eigenvalue weighted by Crippen LogP contribution is -1.93. The van der Waals surface area contributed by atoms with Gasteiger partial charge in [-0.2, -0.15) is 5.10 Å². The first kappa shape index (κ1) is 14.1. The van der Waals surface area contributed by atoms with Crippen LogP contribution in [0.1, 0.15) is 5.56 Å². The van der Waals surface area contributed by atoms with Crippen LogP contribution in [0.4, 0.5) is 5.69 Å². The summed E-state index contributed by atoms with van der Waals surface area (Å²) in [5.74, 6) is 0. The Kier molecular flexibility index (Phi) is 3.76. The van der Waals surface area contributed by atoms with Crippen molar-refractivity contribution in [3.05, 3.63) is 64.3 Å². The third-order valence-electron chi connectivity index (χ3n) is 3.39. The minimum atomic E-state index is -0.421. The van der Waals surface area contributed by atoms with Gasteiger partial charge in [0.25, 0.3) is 5.69 Å². The van der Waals surface area contributed by atoms with E-state index in [0.717, 1.165) is 21.9 Å². The van der Waals surface area contributed by atoms with Gasteiger partial charge in [0, 0.05) is 35.6 Å². The summed E-state index contributed by atoms with van der Waals surface area (Å²) in [6, 6.07) is 12.3. The molecular formula is C16H13N3O3. The molecule has 6 heteroatoms. The second-order valence-corrected chi connectivity index (χ2v) is 4.85. The molecule has 0 aliphatic rings. The fraction of sp³-hybridized carbons (Fsp3) is 0.125. The lowest BCUT2D eigenvalue weighted by Gasteiger charge is -2.07. The summed E-state index contributed by atoms with van der Waals surface area (Å²) in [6.45, 7) is 0.512. The molecule has 0 spiro atoms. The maximum atomic E-state index is 10.7. The fourth-order valence-electron chi connectivity index (χ4n) is 2.33. The largest absolute Gasteiger partial charge is 0.380 e. The van der Waals surface area contributed by atoms with Crippen molar-refractivity contribution in [1.29, 1.82) is 0 Å². The number of non-ortho nitro benzene ring substituents is 1. The molecule has 3 aromatic rings. The topological polar surface area (TPSA) is 78.2 Å². The molecule has 1 heterocycles.